The summed E-state index contributed by atoms with van der Waals surface area (Å²) in [6.07, 6.45) is 5.52. The Morgan fingerprint density at radius 3 is 2.56 bits per heavy atom. The molecule has 41 heavy (non-hydrogen) atoms. The molecule has 0 spiro atoms. The lowest BCUT2D eigenvalue weighted by molar-refractivity contribution is -0.143. The number of aryl methyl sites for hydroxylation is 1. The SMILES string of the molecule is Cn1cc(Cl)c(COc2ccc3nc([C@H]4CCCC[C@H]4C(=O)O)n(Cc4ccc(N5CCC(F)CC5)cc4)c3c2)n1. The van der Waals surface area contributed by atoms with E-state index in [0.717, 1.165) is 60.5 Å². The van der Waals surface area contributed by atoms with Crippen molar-refractivity contribution in [1.29, 1.82) is 0 Å². The molecule has 2 aromatic carbocycles. The number of carboxylic acids is 1. The first-order chi connectivity index (χ1) is 19.9. The van der Waals surface area contributed by atoms with Gasteiger partial charge in [0.2, 0.25) is 0 Å². The van der Waals surface area contributed by atoms with E-state index in [1.54, 1.807) is 10.9 Å². The number of hydrogen-bond acceptors (Lipinski definition) is 5. The summed E-state index contributed by atoms with van der Waals surface area (Å²) >= 11 is 6.27. The van der Waals surface area contributed by atoms with Crippen LogP contribution in [0.5, 0.6) is 5.75 Å². The summed E-state index contributed by atoms with van der Waals surface area (Å²) in [7, 11) is 1.82. The van der Waals surface area contributed by atoms with Gasteiger partial charge in [0.1, 0.15) is 30.0 Å². The molecule has 3 heterocycles. The first-order valence-electron chi connectivity index (χ1n) is 14.4. The molecule has 6 rings (SSSR count). The molecule has 0 bridgehead atoms. The highest BCUT2D eigenvalue weighted by molar-refractivity contribution is 6.31. The monoisotopic (exact) mass is 579 g/mol. The highest BCUT2D eigenvalue weighted by Crippen LogP contribution is 2.39. The lowest BCUT2D eigenvalue weighted by atomic mass is 9.78. The average molecular weight is 580 g/mol. The molecule has 1 N–H and O–H groups in total. The number of aliphatic carboxylic acids is 1. The van der Waals surface area contributed by atoms with E-state index in [0.29, 0.717) is 42.3 Å². The number of carboxylic acid groups (broad SMARTS) is 1. The number of piperidine rings is 1. The predicted molar refractivity (Wildman–Crippen MR) is 157 cm³/mol. The minimum Gasteiger partial charge on any atom is -0.487 e. The van der Waals surface area contributed by atoms with Crippen molar-refractivity contribution in [2.24, 2.45) is 13.0 Å². The number of carbonyl (C=O) groups is 1. The molecule has 2 aliphatic rings. The number of ether oxygens (including phenoxy) is 1. The molecular weight excluding hydrogens is 545 g/mol. The Morgan fingerprint density at radius 1 is 1.10 bits per heavy atom. The zero-order chi connectivity index (χ0) is 28.5. The number of nitrogens with zero attached hydrogens (tertiary/aromatic N) is 5. The minimum absolute atomic E-state index is 0.161. The van der Waals surface area contributed by atoms with Gasteiger partial charge in [-0.15, -0.1) is 0 Å². The standard InChI is InChI=1S/C31H35ClFN5O3/c1-36-18-26(32)28(35-36)19-41-23-10-11-27-29(16-23)38(30(34-27)24-4-2-3-5-25(24)31(39)40)17-20-6-8-22(9-7-20)37-14-12-21(33)13-15-37/h6-11,16,18,21,24-25H,2-5,12-15,17,19H2,1H3,(H,39,40)/t24-,25+/m0/s1. The molecule has 1 aliphatic carbocycles. The first kappa shape index (κ1) is 27.6. The Hall–Kier alpha value is -3.59. The average Bonchev–Trinajstić information content (AvgIpc) is 3.50. The van der Waals surface area contributed by atoms with Gasteiger partial charge >= 0.3 is 5.97 Å². The molecule has 1 aliphatic heterocycles. The number of alkyl halides is 1. The number of aromatic nitrogens is 4. The third-order valence-electron chi connectivity index (χ3n) is 8.46. The number of anilines is 1. The summed E-state index contributed by atoms with van der Waals surface area (Å²) in [4.78, 5) is 19.5. The third kappa shape index (κ3) is 5.91. The van der Waals surface area contributed by atoms with E-state index in [9.17, 15) is 14.3 Å². The maximum atomic E-state index is 13.6. The fraction of sp³-hybridized carbons (Fsp3) is 0.452. The smallest absolute Gasteiger partial charge is 0.307 e. The molecule has 8 nitrogen and oxygen atoms in total. The molecule has 216 valence electrons. The van der Waals surface area contributed by atoms with Gasteiger partial charge in [-0.25, -0.2) is 9.37 Å². The largest absolute Gasteiger partial charge is 0.487 e. The van der Waals surface area contributed by atoms with Crippen molar-refractivity contribution < 1.29 is 19.0 Å². The van der Waals surface area contributed by atoms with Gasteiger partial charge < -0.3 is 19.3 Å². The van der Waals surface area contributed by atoms with Crippen molar-refractivity contribution in [3.05, 3.63) is 70.8 Å². The van der Waals surface area contributed by atoms with E-state index in [1.165, 1.54) is 0 Å². The minimum atomic E-state index is -0.758. The quantitative estimate of drug-likeness (QED) is 0.262. The molecule has 0 unspecified atom stereocenters. The highest BCUT2D eigenvalue weighted by atomic mass is 35.5. The summed E-state index contributed by atoms with van der Waals surface area (Å²) in [5.41, 5.74) is 4.55. The maximum Gasteiger partial charge on any atom is 0.307 e. The molecular formula is C31H35ClFN5O3. The number of halogens is 2. The fourth-order valence-corrected chi connectivity index (χ4v) is 6.49. The van der Waals surface area contributed by atoms with E-state index in [-0.39, 0.29) is 12.5 Å². The Bertz CT molecular complexity index is 1530. The van der Waals surface area contributed by atoms with Crippen molar-refractivity contribution in [3.63, 3.8) is 0 Å². The molecule has 4 aromatic rings. The summed E-state index contributed by atoms with van der Waals surface area (Å²) in [5, 5.41) is 15.0. The molecule has 10 heteroatoms. The summed E-state index contributed by atoms with van der Waals surface area (Å²) in [6.45, 7) is 2.23. The zero-order valence-corrected chi connectivity index (χ0v) is 23.9. The van der Waals surface area contributed by atoms with Gasteiger partial charge in [-0.3, -0.25) is 9.48 Å². The van der Waals surface area contributed by atoms with Crippen LogP contribution in [-0.4, -0.2) is 49.7 Å². The van der Waals surface area contributed by atoms with Crippen molar-refractivity contribution in [1.82, 2.24) is 19.3 Å². The van der Waals surface area contributed by atoms with Crippen LogP contribution in [0.25, 0.3) is 11.0 Å². The second-order valence-corrected chi connectivity index (χ2v) is 11.7. The van der Waals surface area contributed by atoms with Gasteiger partial charge in [0, 0.05) is 50.6 Å². The molecule has 2 fully saturated rings. The number of benzene rings is 2. The van der Waals surface area contributed by atoms with E-state index in [1.807, 2.05) is 25.2 Å². The van der Waals surface area contributed by atoms with Crippen molar-refractivity contribution in [2.45, 2.75) is 63.8 Å². The number of hydrogen-bond donors (Lipinski definition) is 1. The summed E-state index contributed by atoms with van der Waals surface area (Å²) in [5.74, 6) is 0.0998. The fourth-order valence-electron chi connectivity index (χ4n) is 6.25. The second kappa shape index (κ2) is 11.7. The third-order valence-corrected chi connectivity index (χ3v) is 8.78. The lowest BCUT2D eigenvalue weighted by Crippen LogP contribution is -2.34. The van der Waals surface area contributed by atoms with Gasteiger partial charge in [-0.05, 0) is 55.5 Å². The van der Waals surface area contributed by atoms with E-state index in [2.05, 4.69) is 38.8 Å². The Morgan fingerprint density at radius 2 is 1.85 bits per heavy atom. The van der Waals surface area contributed by atoms with Crippen LogP contribution in [0.2, 0.25) is 5.02 Å². The van der Waals surface area contributed by atoms with Crippen LogP contribution >= 0.6 is 11.6 Å². The predicted octanol–water partition coefficient (Wildman–Crippen LogP) is 6.35. The number of rotatable bonds is 8. The van der Waals surface area contributed by atoms with Crippen LogP contribution in [-0.2, 0) is 25.0 Å². The van der Waals surface area contributed by atoms with Crippen molar-refractivity contribution >= 4 is 34.3 Å². The number of fused-ring (bicyclic) bond motifs is 1. The Balaban J connectivity index is 1.32. The van der Waals surface area contributed by atoms with Crippen molar-refractivity contribution in [2.75, 3.05) is 18.0 Å². The van der Waals surface area contributed by atoms with Crippen LogP contribution in [0.1, 0.15) is 61.5 Å². The molecule has 2 atom stereocenters. The van der Waals surface area contributed by atoms with Crippen LogP contribution < -0.4 is 9.64 Å². The lowest BCUT2D eigenvalue weighted by Gasteiger charge is -2.30. The normalized spacial score (nSPS) is 20.0. The van der Waals surface area contributed by atoms with Crippen LogP contribution in [0.4, 0.5) is 10.1 Å². The number of imidazole rings is 1. The van der Waals surface area contributed by atoms with Gasteiger partial charge in [0.15, 0.2) is 0 Å². The van der Waals surface area contributed by atoms with Gasteiger partial charge in [0.05, 0.1) is 22.0 Å². The van der Waals surface area contributed by atoms with Gasteiger partial charge in [0.25, 0.3) is 0 Å². The summed E-state index contributed by atoms with van der Waals surface area (Å²) in [6, 6.07) is 14.2. The van der Waals surface area contributed by atoms with Crippen LogP contribution in [0, 0.1) is 5.92 Å². The summed E-state index contributed by atoms with van der Waals surface area (Å²) < 4.78 is 23.5. The van der Waals surface area contributed by atoms with E-state index < -0.39 is 18.1 Å². The molecule has 2 aromatic heterocycles. The maximum absolute atomic E-state index is 13.6. The highest BCUT2D eigenvalue weighted by Gasteiger charge is 2.35. The van der Waals surface area contributed by atoms with E-state index >= 15 is 0 Å². The van der Waals surface area contributed by atoms with E-state index in [4.69, 9.17) is 21.3 Å². The Labute approximate surface area is 243 Å². The molecule has 0 amide bonds. The Kier molecular flexibility index (Phi) is 7.88. The van der Waals surface area contributed by atoms with Crippen LogP contribution in [0.15, 0.2) is 48.7 Å². The van der Waals surface area contributed by atoms with Gasteiger partial charge in [-0.1, -0.05) is 36.6 Å². The molecule has 0 radical (unpaired) electrons. The second-order valence-electron chi connectivity index (χ2n) is 11.3. The first-order valence-corrected chi connectivity index (χ1v) is 14.8. The topological polar surface area (TPSA) is 85.4 Å². The molecule has 1 saturated carbocycles. The zero-order valence-electron chi connectivity index (χ0n) is 23.2. The van der Waals surface area contributed by atoms with Crippen LogP contribution in [0.3, 0.4) is 0 Å². The van der Waals surface area contributed by atoms with Gasteiger partial charge in [-0.2, -0.15) is 5.10 Å². The molecule has 1 saturated heterocycles. The van der Waals surface area contributed by atoms with Crippen molar-refractivity contribution in [3.8, 4) is 5.75 Å².